The molecule has 6 nitrogen and oxygen atoms in total. The van der Waals surface area contributed by atoms with E-state index >= 15 is 0 Å². The summed E-state index contributed by atoms with van der Waals surface area (Å²) < 4.78 is 20.3. The lowest BCUT2D eigenvalue weighted by molar-refractivity contribution is 0.0235. The van der Waals surface area contributed by atoms with Gasteiger partial charge in [0.15, 0.2) is 0 Å². The molecule has 0 saturated heterocycles. The molecule has 7 heteroatoms. The Hall–Kier alpha value is -2.41. The number of aliphatic hydroxyl groups excluding tert-OH is 1. The number of ether oxygens (including phenoxy) is 1. The number of benzene rings is 1. The molecule has 1 aromatic carbocycles. The van der Waals surface area contributed by atoms with E-state index < -0.39 is 11.7 Å². The topological polar surface area (TPSA) is 76.4 Å². The fourth-order valence-electron chi connectivity index (χ4n) is 3.05. The van der Waals surface area contributed by atoms with Crippen molar-refractivity contribution < 1.29 is 19.0 Å². The van der Waals surface area contributed by atoms with E-state index in [1.807, 2.05) is 6.20 Å². The number of amides is 1. The van der Waals surface area contributed by atoms with Gasteiger partial charge >= 0.3 is 0 Å². The fraction of sp³-hybridized carbons (Fsp3) is 0.412. The van der Waals surface area contributed by atoms with Crippen molar-refractivity contribution in [2.45, 2.75) is 25.0 Å². The summed E-state index contributed by atoms with van der Waals surface area (Å²) in [5, 5.41) is 16.7. The lowest BCUT2D eigenvalue weighted by Crippen LogP contribution is -2.41. The van der Waals surface area contributed by atoms with Crippen LogP contribution in [0.3, 0.4) is 0 Å². The van der Waals surface area contributed by atoms with Gasteiger partial charge in [0.05, 0.1) is 31.0 Å². The molecule has 1 aliphatic rings. The number of halogens is 1. The minimum Gasteiger partial charge on any atom is -0.496 e. The van der Waals surface area contributed by atoms with E-state index in [4.69, 9.17) is 4.74 Å². The SMILES string of the molecule is COc1ccc(F)cc1C(=O)N[C@H](c1cnn(C)c1)C1CC(O)C1. The third-order valence-corrected chi connectivity index (χ3v) is 4.40. The van der Waals surface area contributed by atoms with Gasteiger partial charge in [-0.25, -0.2) is 4.39 Å². The Bertz CT molecular complexity index is 740. The van der Waals surface area contributed by atoms with Crippen LogP contribution in [0, 0.1) is 11.7 Å². The first-order chi connectivity index (χ1) is 11.5. The van der Waals surface area contributed by atoms with Gasteiger partial charge in [-0.1, -0.05) is 0 Å². The van der Waals surface area contributed by atoms with E-state index in [0.29, 0.717) is 18.6 Å². The quantitative estimate of drug-likeness (QED) is 0.875. The van der Waals surface area contributed by atoms with Crippen LogP contribution in [0.15, 0.2) is 30.6 Å². The van der Waals surface area contributed by atoms with Gasteiger partial charge in [-0.3, -0.25) is 9.48 Å². The van der Waals surface area contributed by atoms with E-state index in [-0.39, 0.29) is 23.6 Å². The molecular weight excluding hydrogens is 313 g/mol. The number of rotatable bonds is 5. The van der Waals surface area contributed by atoms with Gasteiger partial charge in [-0.05, 0) is 37.0 Å². The van der Waals surface area contributed by atoms with Gasteiger partial charge in [0.25, 0.3) is 5.91 Å². The van der Waals surface area contributed by atoms with Crippen molar-refractivity contribution in [2.24, 2.45) is 13.0 Å². The zero-order valence-corrected chi connectivity index (χ0v) is 13.6. The molecule has 0 spiro atoms. The molecule has 1 amide bonds. The fourth-order valence-corrected chi connectivity index (χ4v) is 3.05. The number of nitrogens with one attached hydrogen (secondary N) is 1. The minimum atomic E-state index is -0.502. The summed E-state index contributed by atoms with van der Waals surface area (Å²) in [5.41, 5.74) is 1.00. The average molecular weight is 333 g/mol. The largest absolute Gasteiger partial charge is 0.496 e. The van der Waals surface area contributed by atoms with Crippen molar-refractivity contribution in [3.8, 4) is 5.75 Å². The lowest BCUT2D eigenvalue weighted by atomic mass is 9.75. The highest BCUT2D eigenvalue weighted by Gasteiger charge is 2.36. The molecule has 1 aliphatic carbocycles. The van der Waals surface area contributed by atoms with Crippen molar-refractivity contribution in [3.05, 3.63) is 47.5 Å². The van der Waals surface area contributed by atoms with E-state index in [2.05, 4.69) is 10.4 Å². The van der Waals surface area contributed by atoms with Crippen LogP contribution < -0.4 is 10.1 Å². The minimum absolute atomic E-state index is 0.118. The van der Waals surface area contributed by atoms with Crippen LogP contribution in [0.2, 0.25) is 0 Å². The zero-order valence-electron chi connectivity index (χ0n) is 13.6. The standard InChI is InChI=1S/C17H20FN3O3/c1-21-9-11(8-19-21)16(10-5-13(22)6-10)20-17(23)14-7-12(18)3-4-15(14)24-2/h3-4,7-10,13,16,22H,5-6H2,1-2H3,(H,20,23)/t10?,13?,16-/m0/s1. The highest BCUT2D eigenvalue weighted by atomic mass is 19.1. The number of aromatic nitrogens is 2. The van der Waals surface area contributed by atoms with Crippen LogP contribution in [0.4, 0.5) is 4.39 Å². The molecule has 0 radical (unpaired) electrons. The molecule has 24 heavy (non-hydrogen) atoms. The highest BCUT2D eigenvalue weighted by Crippen LogP contribution is 2.38. The number of methoxy groups -OCH3 is 1. The van der Waals surface area contributed by atoms with Crippen molar-refractivity contribution >= 4 is 5.91 Å². The number of hydrogen-bond acceptors (Lipinski definition) is 4. The maximum atomic E-state index is 13.5. The van der Waals surface area contributed by atoms with Crippen LogP contribution >= 0.6 is 0 Å². The molecule has 1 aromatic heterocycles. The molecule has 3 rings (SSSR count). The number of aliphatic hydroxyl groups is 1. The Kier molecular flexibility index (Phi) is 4.53. The van der Waals surface area contributed by atoms with Crippen molar-refractivity contribution in [1.82, 2.24) is 15.1 Å². The van der Waals surface area contributed by atoms with Gasteiger partial charge in [-0.15, -0.1) is 0 Å². The predicted octanol–water partition coefficient (Wildman–Crippen LogP) is 1.81. The second kappa shape index (κ2) is 6.60. The average Bonchev–Trinajstić information content (AvgIpc) is 2.96. The van der Waals surface area contributed by atoms with Crippen LogP contribution in [0.1, 0.15) is 34.8 Å². The first kappa shape index (κ1) is 16.4. The number of carbonyl (C=O) groups excluding carboxylic acids is 1. The Balaban J connectivity index is 1.85. The molecular formula is C17H20FN3O3. The summed E-state index contributed by atoms with van der Waals surface area (Å²) in [6.45, 7) is 0. The van der Waals surface area contributed by atoms with E-state index in [0.717, 1.165) is 11.6 Å². The molecule has 1 atom stereocenters. The molecule has 0 bridgehead atoms. The molecule has 1 heterocycles. The van der Waals surface area contributed by atoms with E-state index in [9.17, 15) is 14.3 Å². The third kappa shape index (κ3) is 3.26. The van der Waals surface area contributed by atoms with Gasteiger partial charge < -0.3 is 15.2 Å². The summed E-state index contributed by atoms with van der Waals surface area (Å²) in [7, 11) is 3.23. The van der Waals surface area contributed by atoms with Gasteiger partial charge in [0, 0.05) is 18.8 Å². The first-order valence-electron chi connectivity index (χ1n) is 7.79. The Morgan fingerprint density at radius 2 is 2.25 bits per heavy atom. The zero-order chi connectivity index (χ0) is 17.3. The third-order valence-electron chi connectivity index (χ3n) is 4.40. The van der Waals surface area contributed by atoms with Crippen molar-refractivity contribution in [2.75, 3.05) is 7.11 Å². The molecule has 0 unspecified atom stereocenters. The van der Waals surface area contributed by atoms with Crippen molar-refractivity contribution in [1.29, 1.82) is 0 Å². The lowest BCUT2D eigenvalue weighted by Gasteiger charge is -2.37. The highest BCUT2D eigenvalue weighted by molar-refractivity contribution is 5.97. The normalized spacial score (nSPS) is 21.0. The number of aryl methyl sites for hydroxylation is 1. The van der Waals surface area contributed by atoms with Crippen LogP contribution in [0.25, 0.3) is 0 Å². The summed E-state index contributed by atoms with van der Waals surface area (Å²) in [6.07, 6.45) is 4.41. The summed E-state index contributed by atoms with van der Waals surface area (Å²) >= 11 is 0. The van der Waals surface area contributed by atoms with E-state index in [1.54, 1.807) is 17.9 Å². The number of hydrogen-bond donors (Lipinski definition) is 2. The monoisotopic (exact) mass is 333 g/mol. The van der Waals surface area contributed by atoms with Crippen LogP contribution in [-0.2, 0) is 7.05 Å². The van der Waals surface area contributed by atoms with Crippen LogP contribution in [-0.4, -0.2) is 34.0 Å². The second-order valence-electron chi connectivity index (χ2n) is 6.13. The Morgan fingerprint density at radius 1 is 1.50 bits per heavy atom. The van der Waals surface area contributed by atoms with Gasteiger partial charge in [0.2, 0.25) is 0 Å². The molecule has 0 aliphatic heterocycles. The molecule has 1 saturated carbocycles. The number of carbonyl (C=O) groups is 1. The maximum Gasteiger partial charge on any atom is 0.255 e. The predicted molar refractivity (Wildman–Crippen MR) is 85.1 cm³/mol. The molecule has 2 N–H and O–H groups in total. The van der Waals surface area contributed by atoms with Gasteiger partial charge in [-0.2, -0.15) is 5.10 Å². The summed E-state index contributed by atoms with van der Waals surface area (Å²) in [6, 6.07) is 3.54. The van der Waals surface area contributed by atoms with Crippen LogP contribution in [0.5, 0.6) is 5.75 Å². The summed E-state index contributed by atoms with van der Waals surface area (Å²) in [5.74, 6) is -0.486. The maximum absolute atomic E-state index is 13.5. The molecule has 2 aromatic rings. The smallest absolute Gasteiger partial charge is 0.255 e. The van der Waals surface area contributed by atoms with Gasteiger partial charge in [0.1, 0.15) is 11.6 Å². The Morgan fingerprint density at radius 3 is 2.83 bits per heavy atom. The molecule has 128 valence electrons. The second-order valence-corrected chi connectivity index (χ2v) is 6.13. The Labute approximate surface area is 139 Å². The number of nitrogens with zero attached hydrogens (tertiary/aromatic N) is 2. The first-order valence-corrected chi connectivity index (χ1v) is 7.79. The molecule has 1 fully saturated rings. The van der Waals surface area contributed by atoms with Crippen molar-refractivity contribution in [3.63, 3.8) is 0 Å². The van der Waals surface area contributed by atoms with E-state index in [1.165, 1.54) is 19.2 Å². The summed E-state index contributed by atoms with van der Waals surface area (Å²) in [4.78, 5) is 12.6.